The molecule has 0 heterocycles. The number of alkyl halides is 3. The molecular formula is C10H16F4O3S. The summed E-state index contributed by atoms with van der Waals surface area (Å²) in [5.41, 5.74) is 0. The Morgan fingerprint density at radius 1 is 1.44 bits per heavy atom. The largest absolute Gasteiger partial charge is 0.616 e. The van der Waals surface area contributed by atoms with Crippen LogP contribution in [0.2, 0.25) is 0 Å². The molecule has 0 amide bonds. The number of halogens is 4. The monoisotopic (exact) mass is 292 g/mol. The molecule has 0 aliphatic rings. The van der Waals surface area contributed by atoms with Crippen LogP contribution >= 0.6 is 0 Å². The first kappa shape index (κ1) is 17.5. The normalized spacial score (nSPS) is 15.2. The summed E-state index contributed by atoms with van der Waals surface area (Å²) in [6, 6.07) is 0. The fourth-order valence-electron chi connectivity index (χ4n) is 1.32. The first-order valence-corrected chi connectivity index (χ1v) is 7.03. The standard InChI is InChI=1S/C10H16F4O3S/c1-2-3-4-8(9(15)17-14)7-18(16)6-5-10(11,12)13/h8H,2-7H2,1H3. The Balaban J connectivity index is 4.17. The second kappa shape index (κ2) is 8.58. The van der Waals surface area contributed by atoms with Crippen molar-refractivity contribution < 1.29 is 32.0 Å². The van der Waals surface area contributed by atoms with E-state index >= 15 is 0 Å². The van der Waals surface area contributed by atoms with Crippen molar-refractivity contribution in [2.24, 2.45) is 5.92 Å². The van der Waals surface area contributed by atoms with Crippen LogP contribution in [0.3, 0.4) is 0 Å². The van der Waals surface area contributed by atoms with Gasteiger partial charge in [0, 0.05) is 4.53 Å². The van der Waals surface area contributed by atoms with Crippen LogP contribution in [0.15, 0.2) is 0 Å². The Kier molecular flexibility index (Phi) is 8.34. The van der Waals surface area contributed by atoms with Crippen LogP contribution in [0.25, 0.3) is 0 Å². The van der Waals surface area contributed by atoms with Gasteiger partial charge in [0.25, 0.3) is 0 Å². The summed E-state index contributed by atoms with van der Waals surface area (Å²) < 4.78 is 58.8. The molecule has 0 aliphatic heterocycles. The van der Waals surface area contributed by atoms with E-state index in [1.54, 1.807) is 0 Å². The highest BCUT2D eigenvalue weighted by Gasteiger charge is 2.32. The van der Waals surface area contributed by atoms with E-state index in [9.17, 15) is 27.0 Å². The average molecular weight is 292 g/mol. The predicted octanol–water partition coefficient (Wildman–Crippen LogP) is 2.92. The smallest absolute Gasteiger partial charge is 0.393 e. The van der Waals surface area contributed by atoms with E-state index in [-0.39, 0.29) is 12.2 Å². The molecule has 0 aliphatic carbocycles. The second-order valence-electron chi connectivity index (χ2n) is 3.91. The fraction of sp³-hybridized carbons (Fsp3) is 0.900. The molecule has 3 nitrogen and oxygen atoms in total. The Bertz CT molecular complexity index is 248. The maximum absolute atomic E-state index is 11.9. The first-order chi connectivity index (χ1) is 8.30. The average Bonchev–Trinajstić information content (AvgIpc) is 2.30. The van der Waals surface area contributed by atoms with Crippen LogP contribution in [0.1, 0.15) is 32.6 Å². The zero-order valence-corrected chi connectivity index (χ0v) is 10.8. The predicted molar refractivity (Wildman–Crippen MR) is 58.8 cm³/mol. The van der Waals surface area contributed by atoms with Gasteiger partial charge < -0.3 is 4.55 Å². The first-order valence-electron chi connectivity index (χ1n) is 5.54. The highest BCUT2D eigenvalue weighted by atomic mass is 32.2. The number of hydrogen-bond donors (Lipinski definition) is 0. The minimum atomic E-state index is -4.38. The summed E-state index contributed by atoms with van der Waals surface area (Å²) in [6.45, 7) is 1.85. The third-order valence-electron chi connectivity index (χ3n) is 2.32. The molecule has 0 spiro atoms. The van der Waals surface area contributed by atoms with Crippen LogP contribution in [0.4, 0.5) is 17.7 Å². The lowest BCUT2D eigenvalue weighted by molar-refractivity contribution is -0.188. The lowest BCUT2D eigenvalue weighted by atomic mass is 10.1. The number of hydrogen-bond acceptors (Lipinski definition) is 3. The number of unbranched alkanes of at least 4 members (excludes halogenated alkanes) is 1. The van der Waals surface area contributed by atoms with E-state index in [0.717, 1.165) is 6.42 Å². The maximum atomic E-state index is 11.9. The van der Waals surface area contributed by atoms with E-state index < -0.39 is 41.4 Å². The molecule has 0 fully saturated rings. The molecular weight excluding hydrogens is 276 g/mol. The highest BCUT2D eigenvalue weighted by molar-refractivity contribution is 7.91. The van der Waals surface area contributed by atoms with Crippen molar-refractivity contribution in [2.45, 2.75) is 38.8 Å². The second-order valence-corrected chi connectivity index (χ2v) is 5.53. The van der Waals surface area contributed by atoms with Gasteiger partial charge in [-0.3, -0.25) is 4.94 Å². The molecule has 0 radical (unpaired) electrons. The van der Waals surface area contributed by atoms with Gasteiger partial charge in [0.15, 0.2) is 0 Å². The lowest BCUT2D eigenvalue weighted by Gasteiger charge is -2.17. The van der Waals surface area contributed by atoms with Crippen LogP contribution in [0, 0.1) is 5.92 Å². The van der Waals surface area contributed by atoms with Gasteiger partial charge in [-0.05, 0) is 6.42 Å². The molecule has 8 heteroatoms. The van der Waals surface area contributed by atoms with Gasteiger partial charge in [0.1, 0.15) is 17.4 Å². The molecule has 0 aromatic heterocycles. The molecule has 2 unspecified atom stereocenters. The van der Waals surface area contributed by atoms with E-state index in [4.69, 9.17) is 0 Å². The molecule has 0 aromatic rings. The Hall–Kier alpha value is -0.500. The molecule has 0 rings (SSSR count). The van der Waals surface area contributed by atoms with Crippen LogP contribution in [-0.2, 0) is 20.9 Å². The number of carbonyl (C=O) groups is 1. The third-order valence-corrected chi connectivity index (χ3v) is 3.75. The fourth-order valence-corrected chi connectivity index (χ4v) is 2.70. The van der Waals surface area contributed by atoms with Gasteiger partial charge in [-0.1, -0.05) is 30.9 Å². The zero-order valence-electron chi connectivity index (χ0n) is 9.96. The number of rotatable bonds is 8. The highest BCUT2D eigenvalue weighted by Crippen LogP contribution is 2.22. The molecule has 0 N–H and O–H groups in total. The summed E-state index contributed by atoms with van der Waals surface area (Å²) in [7, 11) is 0. The van der Waals surface area contributed by atoms with Gasteiger partial charge in [-0.2, -0.15) is 13.2 Å². The lowest BCUT2D eigenvalue weighted by Crippen LogP contribution is -2.27. The Morgan fingerprint density at radius 3 is 2.50 bits per heavy atom. The minimum absolute atomic E-state index is 0.261. The maximum Gasteiger partial charge on any atom is 0.393 e. The summed E-state index contributed by atoms with van der Waals surface area (Å²) in [5, 5.41) is 0. The van der Waals surface area contributed by atoms with Gasteiger partial charge in [-0.25, -0.2) is 4.79 Å². The summed E-state index contributed by atoms with van der Waals surface area (Å²) >= 11 is -1.81. The van der Waals surface area contributed by atoms with E-state index in [1.807, 2.05) is 6.92 Å². The van der Waals surface area contributed by atoms with E-state index in [1.165, 1.54) is 0 Å². The SMILES string of the molecule is CCCCC(C[S+]([O-])CCC(F)(F)F)C(=O)OF. The molecule has 18 heavy (non-hydrogen) atoms. The van der Waals surface area contributed by atoms with Gasteiger partial charge in [0.05, 0.1) is 6.42 Å². The van der Waals surface area contributed by atoms with Crippen molar-refractivity contribution in [3.05, 3.63) is 0 Å². The van der Waals surface area contributed by atoms with Crippen LogP contribution in [0.5, 0.6) is 0 Å². The van der Waals surface area contributed by atoms with Gasteiger partial charge in [-0.15, -0.1) is 0 Å². The van der Waals surface area contributed by atoms with Crippen molar-refractivity contribution >= 4 is 17.1 Å². The van der Waals surface area contributed by atoms with Crippen molar-refractivity contribution in [1.82, 2.24) is 0 Å². The van der Waals surface area contributed by atoms with E-state index in [0.29, 0.717) is 6.42 Å². The molecule has 0 saturated carbocycles. The Morgan fingerprint density at radius 2 is 2.06 bits per heavy atom. The van der Waals surface area contributed by atoms with Crippen molar-refractivity contribution in [1.29, 1.82) is 0 Å². The van der Waals surface area contributed by atoms with Crippen LogP contribution < -0.4 is 0 Å². The minimum Gasteiger partial charge on any atom is -0.616 e. The zero-order chi connectivity index (χ0) is 14.2. The van der Waals surface area contributed by atoms with Crippen molar-refractivity contribution in [3.63, 3.8) is 0 Å². The topological polar surface area (TPSA) is 49.4 Å². The Labute approximate surface area is 106 Å². The van der Waals surface area contributed by atoms with Gasteiger partial charge in [0.2, 0.25) is 0 Å². The van der Waals surface area contributed by atoms with E-state index in [2.05, 4.69) is 4.94 Å². The molecule has 0 aromatic carbocycles. The molecule has 108 valence electrons. The third kappa shape index (κ3) is 8.57. The number of carbonyl (C=O) groups excluding carboxylic acids is 1. The summed E-state index contributed by atoms with van der Waals surface area (Å²) in [6.07, 6.45) is -3.96. The molecule has 0 bridgehead atoms. The quantitative estimate of drug-likeness (QED) is 0.510. The van der Waals surface area contributed by atoms with Gasteiger partial charge >= 0.3 is 12.1 Å². The molecule has 2 atom stereocenters. The van der Waals surface area contributed by atoms with Crippen molar-refractivity contribution in [2.75, 3.05) is 11.5 Å². The summed E-state index contributed by atoms with van der Waals surface area (Å²) in [4.78, 5) is 14.1. The van der Waals surface area contributed by atoms with Crippen LogP contribution in [-0.4, -0.2) is 28.2 Å². The van der Waals surface area contributed by atoms with Crippen molar-refractivity contribution in [3.8, 4) is 0 Å². The summed E-state index contributed by atoms with van der Waals surface area (Å²) in [5.74, 6) is -2.97. The molecule has 0 saturated heterocycles.